The Morgan fingerprint density at radius 2 is 2.09 bits per heavy atom. The van der Waals surface area contributed by atoms with Gasteiger partial charge in [-0.1, -0.05) is 12.5 Å². The van der Waals surface area contributed by atoms with E-state index in [1.165, 1.54) is 42.8 Å². The van der Waals surface area contributed by atoms with Gasteiger partial charge >= 0.3 is 0 Å². The quantitative estimate of drug-likeness (QED) is 0.787. The van der Waals surface area contributed by atoms with Crippen LogP contribution >= 0.6 is 11.3 Å². The van der Waals surface area contributed by atoms with Gasteiger partial charge in [0.15, 0.2) is 0 Å². The molecule has 3 heterocycles. The van der Waals surface area contributed by atoms with Crippen LogP contribution in [0.15, 0.2) is 35.8 Å². The third-order valence-corrected chi connectivity index (χ3v) is 5.72. The van der Waals surface area contributed by atoms with Gasteiger partial charge in [0, 0.05) is 30.2 Å². The molecule has 0 aliphatic carbocycles. The SMILES string of the molecule is CC(c1ccccn1)N(C)Cc1cc(CN2CCCCC2)cs1. The lowest BCUT2D eigenvalue weighted by Crippen LogP contribution is -2.28. The second-order valence-corrected chi connectivity index (χ2v) is 7.60. The smallest absolute Gasteiger partial charge is 0.0572 e. The summed E-state index contributed by atoms with van der Waals surface area (Å²) in [6.45, 7) is 6.87. The normalized spacial score (nSPS) is 17.5. The Morgan fingerprint density at radius 3 is 2.83 bits per heavy atom. The second kappa shape index (κ2) is 8.04. The van der Waals surface area contributed by atoms with E-state index in [0.717, 1.165) is 18.8 Å². The fourth-order valence-electron chi connectivity index (χ4n) is 3.20. The molecule has 3 nitrogen and oxygen atoms in total. The predicted octanol–water partition coefficient (Wildman–Crippen LogP) is 4.32. The first-order valence-electron chi connectivity index (χ1n) is 8.62. The highest BCUT2D eigenvalue weighted by atomic mass is 32.1. The van der Waals surface area contributed by atoms with E-state index in [9.17, 15) is 0 Å². The minimum atomic E-state index is 0.337. The van der Waals surface area contributed by atoms with Crippen LogP contribution in [0.3, 0.4) is 0 Å². The lowest BCUT2D eigenvalue weighted by atomic mass is 10.1. The van der Waals surface area contributed by atoms with Crippen molar-refractivity contribution in [1.29, 1.82) is 0 Å². The molecule has 1 aliphatic heterocycles. The van der Waals surface area contributed by atoms with Crippen LogP contribution in [0.2, 0.25) is 0 Å². The predicted molar refractivity (Wildman–Crippen MR) is 97.6 cm³/mol. The Morgan fingerprint density at radius 1 is 1.26 bits per heavy atom. The molecule has 0 radical (unpaired) electrons. The molecule has 2 aromatic rings. The standard InChI is InChI=1S/C19H27N3S/c1-16(19-8-4-5-9-20-19)21(2)14-18-12-17(15-23-18)13-22-10-6-3-7-11-22/h4-5,8-9,12,15-16H,3,6-7,10-11,13-14H2,1-2H3. The Labute approximate surface area is 144 Å². The molecule has 23 heavy (non-hydrogen) atoms. The van der Waals surface area contributed by atoms with Crippen molar-refractivity contribution in [2.24, 2.45) is 0 Å². The van der Waals surface area contributed by atoms with Crippen molar-refractivity contribution in [2.75, 3.05) is 20.1 Å². The molecule has 0 spiro atoms. The summed E-state index contributed by atoms with van der Waals surface area (Å²) in [7, 11) is 2.18. The van der Waals surface area contributed by atoms with E-state index >= 15 is 0 Å². The number of nitrogens with zero attached hydrogens (tertiary/aromatic N) is 3. The third-order valence-electron chi connectivity index (χ3n) is 4.75. The molecule has 0 N–H and O–H groups in total. The van der Waals surface area contributed by atoms with Gasteiger partial charge in [-0.25, -0.2) is 0 Å². The maximum absolute atomic E-state index is 4.48. The molecular weight excluding hydrogens is 302 g/mol. The van der Waals surface area contributed by atoms with Crippen molar-refractivity contribution < 1.29 is 0 Å². The third kappa shape index (κ3) is 4.63. The van der Waals surface area contributed by atoms with Crippen LogP contribution in [0.4, 0.5) is 0 Å². The molecule has 4 heteroatoms. The number of piperidine rings is 1. The Kier molecular flexibility index (Phi) is 5.81. The van der Waals surface area contributed by atoms with Crippen molar-refractivity contribution in [3.63, 3.8) is 0 Å². The summed E-state index contributed by atoms with van der Waals surface area (Å²) in [6, 6.07) is 8.87. The first-order chi connectivity index (χ1) is 11.2. The van der Waals surface area contributed by atoms with Gasteiger partial charge in [-0.05, 0) is 69.0 Å². The summed E-state index contributed by atoms with van der Waals surface area (Å²) in [4.78, 5) is 10.9. The summed E-state index contributed by atoms with van der Waals surface area (Å²) in [5, 5.41) is 2.34. The average molecular weight is 330 g/mol. The number of hydrogen-bond acceptors (Lipinski definition) is 4. The molecule has 0 aromatic carbocycles. The van der Waals surface area contributed by atoms with Gasteiger partial charge in [0.25, 0.3) is 0 Å². The number of aromatic nitrogens is 1. The second-order valence-electron chi connectivity index (χ2n) is 6.60. The van der Waals surface area contributed by atoms with E-state index < -0.39 is 0 Å². The van der Waals surface area contributed by atoms with Crippen LogP contribution in [0, 0.1) is 0 Å². The van der Waals surface area contributed by atoms with Crippen LogP contribution in [-0.4, -0.2) is 34.9 Å². The molecule has 1 saturated heterocycles. The van der Waals surface area contributed by atoms with E-state index in [4.69, 9.17) is 0 Å². The maximum atomic E-state index is 4.48. The summed E-state index contributed by atoms with van der Waals surface area (Å²) in [5.74, 6) is 0. The minimum Gasteiger partial charge on any atom is -0.299 e. The Hall–Kier alpha value is -1.23. The van der Waals surface area contributed by atoms with Gasteiger partial charge < -0.3 is 0 Å². The fraction of sp³-hybridized carbons (Fsp3) is 0.526. The van der Waals surface area contributed by atoms with Gasteiger partial charge in [0.1, 0.15) is 0 Å². The van der Waals surface area contributed by atoms with Crippen molar-refractivity contribution in [2.45, 2.75) is 45.3 Å². The van der Waals surface area contributed by atoms with Gasteiger partial charge in [0.05, 0.1) is 5.69 Å². The van der Waals surface area contributed by atoms with E-state index in [2.05, 4.69) is 52.3 Å². The van der Waals surface area contributed by atoms with E-state index in [1.54, 1.807) is 0 Å². The van der Waals surface area contributed by atoms with Crippen LogP contribution < -0.4 is 0 Å². The zero-order chi connectivity index (χ0) is 16.1. The molecule has 0 amide bonds. The number of rotatable bonds is 6. The molecule has 1 unspecified atom stereocenters. The van der Waals surface area contributed by atoms with Crippen molar-refractivity contribution in [1.82, 2.24) is 14.8 Å². The zero-order valence-electron chi connectivity index (χ0n) is 14.2. The molecule has 0 bridgehead atoms. The fourth-order valence-corrected chi connectivity index (χ4v) is 4.14. The molecule has 3 rings (SSSR count). The van der Waals surface area contributed by atoms with Crippen molar-refractivity contribution >= 4 is 11.3 Å². The van der Waals surface area contributed by atoms with Crippen LogP contribution in [0.1, 0.15) is 48.4 Å². The lowest BCUT2D eigenvalue weighted by molar-refractivity contribution is 0.221. The zero-order valence-corrected chi connectivity index (χ0v) is 15.1. The molecule has 1 aliphatic rings. The van der Waals surface area contributed by atoms with Crippen LogP contribution in [0.25, 0.3) is 0 Å². The highest BCUT2D eigenvalue weighted by Crippen LogP contribution is 2.23. The Balaban J connectivity index is 1.55. The molecular formula is C19H27N3S. The van der Waals surface area contributed by atoms with Crippen molar-refractivity contribution in [3.8, 4) is 0 Å². The van der Waals surface area contributed by atoms with Gasteiger partial charge in [-0.2, -0.15) is 0 Å². The highest BCUT2D eigenvalue weighted by molar-refractivity contribution is 7.10. The number of likely N-dealkylation sites (tertiary alicyclic amines) is 1. The molecule has 1 fully saturated rings. The molecule has 0 saturated carbocycles. The number of pyridine rings is 1. The lowest BCUT2D eigenvalue weighted by Gasteiger charge is -2.26. The average Bonchev–Trinajstić information content (AvgIpc) is 3.02. The monoisotopic (exact) mass is 329 g/mol. The van der Waals surface area contributed by atoms with Gasteiger partial charge in [0.2, 0.25) is 0 Å². The summed E-state index contributed by atoms with van der Waals surface area (Å²) in [5.41, 5.74) is 2.62. The first kappa shape index (κ1) is 16.6. The van der Waals surface area contributed by atoms with Crippen LogP contribution in [-0.2, 0) is 13.1 Å². The first-order valence-corrected chi connectivity index (χ1v) is 9.50. The largest absolute Gasteiger partial charge is 0.299 e. The Bertz CT molecular complexity index is 590. The summed E-state index contributed by atoms with van der Waals surface area (Å²) >= 11 is 1.89. The molecule has 2 aromatic heterocycles. The van der Waals surface area contributed by atoms with Gasteiger partial charge in [-0.3, -0.25) is 14.8 Å². The highest BCUT2D eigenvalue weighted by Gasteiger charge is 2.15. The summed E-state index contributed by atoms with van der Waals surface area (Å²) in [6.07, 6.45) is 6.01. The summed E-state index contributed by atoms with van der Waals surface area (Å²) < 4.78 is 0. The van der Waals surface area contributed by atoms with Crippen LogP contribution in [0.5, 0.6) is 0 Å². The van der Waals surface area contributed by atoms with Crippen molar-refractivity contribution in [3.05, 3.63) is 52.0 Å². The minimum absolute atomic E-state index is 0.337. The number of thiophene rings is 1. The maximum Gasteiger partial charge on any atom is 0.0572 e. The van der Waals surface area contributed by atoms with E-state index in [-0.39, 0.29) is 0 Å². The molecule has 1 atom stereocenters. The van der Waals surface area contributed by atoms with Gasteiger partial charge in [-0.15, -0.1) is 11.3 Å². The van der Waals surface area contributed by atoms with E-state index in [0.29, 0.717) is 6.04 Å². The topological polar surface area (TPSA) is 19.4 Å². The number of hydrogen-bond donors (Lipinski definition) is 0. The molecule has 124 valence electrons. The van der Waals surface area contributed by atoms with E-state index in [1.807, 2.05) is 23.6 Å².